The molecule has 0 saturated heterocycles. The first-order valence-electron chi connectivity index (χ1n) is 6.26. The van der Waals surface area contributed by atoms with Crippen LogP contribution in [-0.2, 0) is 13.1 Å². The normalized spacial score (nSPS) is 11.3. The molecule has 8 heteroatoms. The van der Waals surface area contributed by atoms with Crippen LogP contribution in [0.4, 0.5) is 5.82 Å². The second-order valence-corrected chi connectivity index (χ2v) is 4.93. The van der Waals surface area contributed by atoms with E-state index in [-0.39, 0.29) is 0 Å². The zero-order valence-corrected chi connectivity index (χ0v) is 11.7. The van der Waals surface area contributed by atoms with Crippen molar-refractivity contribution >= 4 is 28.6 Å². The summed E-state index contributed by atoms with van der Waals surface area (Å²) in [5.41, 5.74) is 8.14. The molecule has 20 heavy (non-hydrogen) atoms. The van der Waals surface area contributed by atoms with Gasteiger partial charge >= 0.3 is 0 Å². The number of nitrogens with zero attached hydrogens (tertiary/aromatic N) is 6. The van der Waals surface area contributed by atoms with E-state index in [1.807, 2.05) is 16.2 Å². The largest absolute Gasteiger partial charge is 0.382 e. The molecule has 0 fully saturated rings. The maximum Gasteiger partial charge on any atom is 0.165 e. The Morgan fingerprint density at radius 3 is 2.85 bits per heavy atom. The van der Waals surface area contributed by atoms with Crippen LogP contribution >= 0.6 is 11.6 Å². The fraction of sp³-hybridized carbons (Fsp3) is 0.333. The van der Waals surface area contributed by atoms with Crippen molar-refractivity contribution in [3.05, 3.63) is 29.6 Å². The summed E-state index contributed by atoms with van der Waals surface area (Å²) in [6.07, 6.45) is 5.75. The van der Waals surface area contributed by atoms with Gasteiger partial charge in [0, 0.05) is 13.1 Å². The van der Waals surface area contributed by atoms with E-state index in [4.69, 9.17) is 17.3 Å². The zero-order valence-electron chi connectivity index (χ0n) is 11.0. The molecule has 104 valence electrons. The number of aromatic nitrogens is 6. The van der Waals surface area contributed by atoms with Crippen molar-refractivity contribution in [3.8, 4) is 0 Å². The lowest BCUT2D eigenvalue weighted by atomic mass is 10.4. The van der Waals surface area contributed by atoms with Gasteiger partial charge < -0.3 is 10.3 Å². The number of imidazole rings is 1. The van der Waals surface area contributed by atoms with E-state index in [0.717, 1.165) is 30.9 Å². The molecular weight excluding hydrogens is 278 g/mol. The van der Waals surface area contributed by atoms with E-state index in [9.17, 15) is 0 Å². The van der Waals surface area contributed by atoms with Gasteiger partial charge in [-0.3, -0.25) is 4.68 Å². The van der Waals surface area contributed by atoms with Gasteiger partial charge in [-0.1, -0.05) is 11.6 Å². The van der Waals surface area contributed by atoms with Crippen LogP contribution in [0.25, 0.3) is 11.2 Å². The van der Waals surface area contributed by atoms with Crippen LogP contribution in [-0.4, -0.2) is 29.3 Å². The van der Waals surface area contributed by atoms with E-state index in [2.05, 4.69) is 20.1 Å². The Kier molecular flexibility index (Phi) is 3.27. The van der Waals surface area contributed by atoms with Crippen molar-refractivity contribution in [3.63, 3.8) is 0 Å². The molecule has 3 heterocycles. The number of nitrogen functional groups attached to an aromatic ring is 1. The highest BCUT2D eigenvalue weighted by Crippen LogP contribution is 2.16. The molecule has 0 bridgehead atoms. The summed E-state index contributed by atoms with van der Waals surface area (Å²) in [7, 11) is 0. The Hall–Kier alpha value is -2.15. The first-order chi connectivity index (χ1) is 9.66. The van der Waals surface area contributed by atoms with Crippen molar-refractivity contribution in [1.82, 2.24) is 29.3 Å². The molecule has 3 aromatic rings. The number of nitrogens with two attached hydrogens (primary N) is 1. The molecule has 3 aromatic heterocycles. The topological polar surface area (TPSA) is 87.4 Å². The lowest BCUT2D eigenvalue weighted by Gasteiger charge is -2.06. The summed E-state index contributed by atoms with van der Waals surface area (Å²) < 4.78 is 3.86. The van der Waals surface area contributed by atoms with Crippen LogP contribution in [0.2, 0.25) is 5.02 Å². The van der Waals surface area contributed by atoms with Crippen molar-refractivity contribution in [2.75, 3.05) is 5.73 Å². The van der Waals surface area contributed by atoms with Gasteiger partial charge in [0.2, 0.25) is 0 Å². The summed E-state index contributed by atoms with van der Waals surface area (Å²) in [4.78, 5) is 12.4. The molecule has 0 aliphatic heterocycles. The minimum Gasteiger partial charge on any atom is -0.382 e. The summed E-state index contributed by atoms with van der Waals surface area (Å²) in [5, 5.41) is 4.92. The van der Waals surface area contributed by atoms with Crippen molar-refractivity contribution in [2.24, 2.45) is 0 Å². The molecule has 0 unspecified atom stereocenters. The smallest absolute Gasteiger partial charge is 0.165 e. The lowest BCUT2D eigenvalue weighted by molar-refractivity contribution is 0.522. The van der Waals surface area contributed by atoms with E-state index in [1.165, 1.54) is 6.33 Å². The molecule has 0 aliphatic carbocycles. The third-order valence-corrected chi connectivity index (χ3v) is 3.61. The summed E-state index contributed by atoms with van der Waals surface area (Å²) in [5.74, 6) is 0.406. The molecule has 0 atom stereocenters. The summed E-state index contributed by atoms with van der Waals surface area (Å²) in [6, 6.07) is 0. The average Bonchev–Trinajstić information content (AvgIpc) is 2.99. The number of anilines is 1. The van der Waals surface area contributed by atoms with Crippen molar-refractivity contribution < 1.29 is 0 Å². The van der Waals surface area contributed by atoms with Gasteiger partial charge in [-0.25, -0.2) is 15.0 Å². The van der Waals surface area contributed by atoms with Crippen LogP contribution in [0.3, 0.4) is 0 Å². The molecule has 0 amide bonds. The second kappa shape index (κ2) is 5.09. The number of rotatable bonds is 4. The minimum atomic E-state index is 0.406. The highest BCUT2D eigenvalue weighted by Gasteiger charge is 2.08. The zero-order chi connectivity index (χ0) is 14.1. The molecule has 0 aliphatic rings. The highest BCUT2D eigenvalue weighted by atomic mass is 35.5. The molecule has 0 saturated carbocycles. The Labute approximate surface area is 120 Å². The van der Waals surface area contributed by atoms with E-state index in [0.29, 0.717) is 16.4 Å². The Balaban J connectivity index is 1.71. The minimum absolute atomic E-state index is 0.406. The van der Waals surface area contributed by atoms with Crippen LogP contribution in [0.1, 0.15) is 12.1 Å². The van der Waals surface area contributed by atoms with Gasteiger partial charge in [0.15, 0.2) is 11.5 Å². The SMILES string of the molecule is Cc1c(Cl)cnn1CCCn1cnc2c(N)ncnc21. The van der Waals surface area contributed by atoms with Crippen LogP contribution in [0, 0.1) is 6.92 Å². The van der Waals surface area contributed by atoms with E-state index in [1.54, 1.807) is 12.5 Å². The van der Waals surface area contributed by atoms with Crippen LogP contribution in [0.15, 0.2) is 18.9 Å². The fourth-order valence-electron chi connectivity index (χ4n) is 2.10. The standard InChI is InChI=1S/C12H14ClN7/c1-8-9(13)5-18-20(8)4-2-3-19-7-17-10-11(14)15-6-16-12(10)19/h5-7H,2-4H2,1H3,(H2,14,15,16). The number of hydrogen-bond acceptors (Lipinski definition) is 5. The molecule has 0 radical (unpaired) electrons. The third kappa shape index (κ3) is 2.20. The first-order valence-corrected chi connectivity index (χ1v) is 6.64. The monoisotopic (exact) mass is 291 g/mol. The fourth-order valence-corrected chi connectivity index (χ4v) is 2.24. The third-order valence-electron chi connectivity index (χ3n) is 3.24. The number of aryl methyl sites for hydroxylation is 2. The van der Waals surface area contributed by atoms with Crippen LogP contribution in [0.5, 0.6) is 0 Å². The average molecular weight is 292 g/mol. The van der Waals surface area contributed by atoms with E-state index >= 15 is 0 Å². The number of fused-ring (bicyclic) bond motifs is 1. The second-order valence-electron chi connectivity index (χ2n) is 4.52. The van der Waals surface area contributed by atoms with Crippen molar-refractivity contribution in [1.29, 1.82) is 0 Å². The molecule has 3 rings (SSSR count). The molecule has 2 N–H and O–H groups in total. The molecule has 0 aromatic carbocycles. The van der Waals surface area contributed by atoms with Crippen molar-refractivity contribution in [2.45, 2.75) is 26.4 Å². The van der Waals surface area contributed by atoms with Crippen LogP contribution < -0.4 is 5.73 Å². The van der Waals surface area contributed by atoms with Gasteiger partial charge in [0.1, 0.15) is 11.8 Å². The Bertz CT molecular complexity index is 745. The highest BCUT2D eigenvalue weighted by molar-refractivity contribution is 6.31. The lowest BCUT2D eigenvalue weighted by Crippen LogP contribution is -2.06. The summed E-state index contributed by atoms with van der Waals surface area (Å²) >= 11 is 5.97. The van der Waals surface area contributed by atoms with Gasteiger partial charge in [-0.15, -0.1) is 0 Å². The molecule has 0 spiro atoms. The number of hydrogen-bond donors (Lipinski definition) is 1. The Morgan fingerprint density at radius 2 is 2.10 bits per heavy atom. The summed E-state index contributed by atoms with van der Waals surface area (Å²) in [6.45, 7) is 3.53. The van der Waals surface area contributed by atoms with Gasteiger partial charge in [-0.05, 0) is 13.3 Å². The first kappa shape index (κ1) is 12.9. The molecular formula is C12H14ClN7. The van der Waals surface area contributed by atoms with Gasteiger partial charge in [0.05, 0.1) is 23.2 Å². The maximum atomic E-state index is 5.97. The number of halogens is 1. The van der Waals surface area contributed by atoms with E-state index < -0.39 is 0 Å². The Morgan fingerprint density at radius 1 is 1.25 bits per heavy atom. The predicted octanol–water partition coefficient (Wildman–Crippen LogP) is 1.66. The van der Waals surface area contributed by atoms with Gasteiger partial charge in [-0.2, -0.15) is 5.10 Å². The predicted molar refractivity (Wildman–Crippen MR) is 76.3 cm³/mol. The molecule has 7 nitrogen and oxygen atoms in total. The maximum absolute atomic E-state index is 5.97. The quantitative estimate of drug-likeness (QED) is 0.790. The van der Waals surface area contributed by atoms with Gasteiger partial charge in [0.25, 0.3) is 0 Å².